The topological polar surface area (TPSA) is 69.6 Å². The van der Waals surface area contributed by atoms with Gasteiger partial charge >= 0.3 is 0 Å². The van der Waals surface area contributed by atoms with Crippen molar-refractivity contribution < 1.29 is 14.7 Å². The smallest absolute Gasteiger partial charge is 0.225 e. The summed E-state index contributed by atoms with van der Waals surface area (Å²) in [5.74, 6) is -0.297. The molecule has 0 saturated carbocycles. The molecule has 2 atom stereocenters. The second-order valence-corrected chi connectivity index (χ2v) is 5.94. The Morgan fingerprint density at radius 1 is 1.41 bits per heavy atom. The first kappa shape index (κ1) is 16.5. The summed E-state index contributed by atoms with van der Waals surface area (Å²) in [5, 5.41) is 11.7. The third kappa shape index (κ3) is 4.56. The van der Waals surface area contributed by atoms with Gasteiger partial charge in [-0.05, 0) is 25.3 Å². The van der Waals surface area contributed by atoms with E-state index in [0.717, 1.165) is 12.0 Å². The fourth-order valence-corrected chi connectivity index (χ4v) is 2.73. The molecule has 0 aliphatic carbocycles. The van der Waals surface area contributed by atoms with Gasteiger partial charge in [-0.25, -0.2) is 0 Å². The first-order valence-electron chi connectivity index (χ1n) is 7.83. The Bertz CT molecular complexity index is 504. The van der Waals surface area contributed by atoms with Crippen LogP contribution in [-0.4, -0.2) is 41.0 Å². The van der Waals surface area contributed by atoms with Gasteiger partial charge in [-0.15, -0.1) is 0 Å². The van der Waals surface area contributed by atoms with Crippen LogP contribution in [0.4, 0.5) is 0 Å². The summed E-state index contributed by atoms with van der Waals surface area (Å²) in [5.41, 5.74) is 1.08. The zero-order valence-electron chi connectivity index (χ0n) is 13.0. The van der Waals surface area contributed by atoms with Gasteiger partial charge in [0.15, 0.2) is 0 Å². The van der Waals surface area contributed by atoms with Gasteiger partial charge in [-0.1, -0.05) is 30.3 Å². The van der Waals surface area contributed by atoms with Gasteiger partial charge in [0.25, 0.3) is 0 Å². The van der Waals surface area contributed by atoms with Crippen molar-refractivity contribution in [2.75, 3.05) is 13.2 Å². The lowest BCUT2D eigenvalue weighted by Crippen LogP contribution is -2.38. The molecule has 1 aromatic rings. The Morgan fingerprint density at radius 3 is 2.82 bits per heavy atom. The monoisotopic (exact) mass is 304 g/mol. The fourth-order valence-electron chi connectivity index (χ4n) is 2.73. The standard InChI is InChI=1S/C17H24N2O3/c1-13(6-5-9-20)18-17(22)15-10-16(21)19(12-15)11-14-7-3-2-4-8-14/h2-4,7-8,13,15,20H,5-6,9-12H2,1H3,(H,18,22). The molecule has 5 nitrogen and oxygen atoms in total. The van der Waals surface area contributed by atoms with Gasteiger partial charge < -0.3 is 15.3 Å². The van der Waals surface area contributed by atoms with E-state index >= 15 is 0 Å². The Kier molecular flexibility index (Phi) is 5.95. The van der Waals surface area contributed by atoms with E-state index in [1.807, 2.05) is 37.3 Å². The fraction of sp³-hybridized carbons (Fsp3) is 0.529. The van der Waals surface area contributed by atoms with Crippen molar-refractivity contribution in [3.63, 3.8) is 0 Å². The highest BCUT2D eigenvalue weighted by Gasteiger charge is 2.34. The van der Waals surface area contributed by atoms with E-state index in [4.69, 9.17) is 5.11 Å². The first-order valence-corrected chi connectivity index (χ1v) is 7.83. The van der Waals surface area contributed by atoms with Crippen LogP contribution in [0.1, 0.15) is 31.7 Å². The molecule has 1 aromatic carbocycles. The number of nitrogens with one attached hydrogen (secondary N) is 1. The van der Waals surface area contributed by atoms with E-state index in [-0.39, 0.29) is 36.8 Å². The average Bonchev–Trinajstić information content (AvgIpc) is 2.87. The lowest BCUT2D eigenvalue weighted by Gasteiger charge is -2.18. The lowest BCUT2D eigenvalue weighted by atomic mass is 10.1. The summed E-state index contributed by atoms with van der Waals surface area (Å²) in [6.07, 6.45) is 1.70. The number of amides is 2. The van der Waals surface area contributed by atoms with Gasteiger partial charge in [0.2, 0.25) is 11.8 Å². The molecule has 1 saturated heterocycles. The van der Waals surface area contributed by atoms with E-state index in [2.05, 4.69) is 5.32 Å². The summed E-state index contributed by atoms with van der Waals surface area (Å²) >= 11 is 0. The van der Waals surface area contributed by atoms with Crippen LogP contribution in [0.3, 0.4) is 0 Å². The molecule has 1 aliphatic rings. The minimum Gasteiger partial charge on any atom is -0.396 e. The molecule has 0 aromatic heterocycles. The van der Waals surface area contributed by atoms with Crippen molar-refractivity contribution in [2.45, 2.75) is 38.8 Å². The quantitative estimate of drug-likeness (QED) is 0.798. The number of benzene rings is 1. The lowest BCUT2D eigenvalue weighted by molar-refractivity contribution is -0.129. The molecule has 120 valence electrons. The van der Waals surface area contributed by atoms with Gasteiger partial charge in [0.05, 0.1) is 5.92 Å². The van der Waals surface area contributed by atoms with Crippen LogP contribution in [0.25, 0.3) is 0 Å². The number of carbonyl (C=O) groups is 2. The normalized spacial score (nSPS) is 19.3. The van der Waals surface area contributed by atoms with Crippen LogP contribution < -0.4 is 5.32 Å². The number of nitrogens with zero attached hydrogens (tertiary/aromatic N) is 1. The molecule has 5 heteroatoms. The minimum atomic E-state index is -0.271. The SMILES string of the molecule is CC(CCCO)NC(=O)C1CC(=O)N(Cc2ccccc2)C1. The molecule has 2 unspecified atom stereocenters. The van der Waals surface area contributed by atoms with Gasteiger partial charge in [-0.2, -0.15) is 0 Å². The molecule has 0 radical (unpaired) electrons. The van der Waals surface area contributed by atoms with Crippen molar-refractivity contribution in [1.82, 2.24) is 10.2 Å². The number of hydrogen-bond donors (Lipinski definition) is 2. The zero-order chi connectivity index (χ0) is 15.9. The summed E-state index contributed by atoms with van der Waals surface area (Å²) < 4.78 is 0. The van der Waals surface area contributed by atoms with Crippen LogP contribution in [-0.2, 0) is 16.1 Å². The van der Waals surface area contributed by atoms with Gasteiger partial charge in [0.1, 0.15) is 0 Å². The largest absolute Gasteiger partial charge is 0.396 e. The van der Waals surface area contributed by atoms with Crippen molar-refractivity contribution >= 4 is 11.8 Å². The Labute approximate surface area is 131 Å². The second kappa shape index (κ2) is 7.94. The minimum absolute atomic E-state index is 0.0259. The molecular weight excluding hydrogens is 280 g/mol. The summed E-state index contributed by atoms with van der Waals surface area (Å²) in [7, 11) is 0. The molecule has 1 heterocycles. The van der Waals surface area contributed by atoms with Crippen LogP contribution in [0.2, 0.25) is 0 Å². The maximum atomic E-state index is 12.2. The Morgan fingerprint density at radius 2 is 2.14 bits per heavy atom. The predicted molar refractivity (Wildman–Crippen MR) is 83.9 cm³/mol. The molecule has 1 fully saturated rings. The van der Waals surface area contributed by atoms with E-state index in [0.29, 0.717) is 19.5 Å². The average molecular weight is 304 g/mol. The Balaban J connectivity index is 1.84. The van der Waals surface area contributed by atoms with E-state index in [1.165, 1.54) is 0 Å². The number of aliphatic hydroxyl groups excluding tert-OH is 1. The summed E-state index contributed by atoms with van der Waals surface area (Å²) in [6, 6.07) is 9.83. The predicted octanol–water partition coefficient (Wildman–Crippen LogP) is 1.31. The molecule has 2 rings (SSSR count). The van der Waals surface area contributed by atoms with Crippen LogP contribution >= 0.6 is 0 Å². The van der Waals surface area contributed by atoms with Crippen molar-refractivity contribution in [3.8, 4) is 0 Å². The highest BCUT2D eigenvalue weighted by molar-refractivity contribution is 5.89. The van der Waals surface area contributed by atoms with Crippen molar-refractivity contribution in [2.24, 2.45) is 5.92 Å². The van der Waals surface area contributed by atoms with E-state index in [9.17, 15) is 9.59 Å². The number of aliphatic hydroxyl groups is 1. The van der Waals surface area contributed by atoms with Crippen molar-refractivity contribution in [1.29, 1.82) is 0 Å². The number of likely N-dealkylation sites (tertiary alicyclic amines) is 1. The zero-order valence-corrected chi connectivity index (χ0v) is 13.0. The van der Waals surface area contributed by atoms with E-state index in [1.54, 1.807) is 4.90 Å². The summed E-state index contributed by atoms with van der Waals surface area (Å²) in [4.78, 5) is 26.0. The highest BCUT2D eigenvalue weighted by atomic mass is 16.3. The third-order valence-electron chi connectivity index (χ3n) is 3.99. The van der Waals surface area contributed by atoms with E-state index < -0.39 is 0 Å². The molecule has 2 N–H and O–H groups in total. The summed E-state index contributed by atoms with van der Waals surface area (Å²) in [6.45, 7) is 3.09. The van der Waals surface area contributed by atoms with Crippen molar-refractivity contribution in [3.05, 3.63) is 35.9 Å². The second-order valence-electron chi connectivity index (χ2n) is 5.94. The van der Waals surface area contributed by atoms with Crippen LogP contribution in [0.15, 0.2) is 30.3 Å². The molecule has 0 bridgehead atoms. The highest BCUT2D eigenvalue weighted by Crippen LogP contribution is 2.20. The van der Waals surface area contributed by atoms with Gasteiger partial charge in [0, 0.05) is 32.2 Å². The molecular formula is C17H24N2O3. The maximum absolute atomic E-state index is 12.2. The number of rotatable bonds is 7. The number of hydrogen-bond acceptors (Lipinski definition) is 3. The van der Waals surface area contributed by atoms with Crippen LogP contribution in [0.5, 0.6) is 0 Å². The molecule has 0 spiro atoms. The van der Waals surface area contributed by atoms with Crippen LogP contribution in [0, 0.1) is 5.92 Å². The first-order chi connectivity index (χ1) is 10.6. The number of carbonyl (C=O) groups excluding carboxylic acids is 2. The maximum Gasteiger partial charge on any atom is 0.225 e. The molecule has 2 amide bonds. The van der Waals surface area contributed by atoms with Gasteiger partial charge in [-0.3, -0.25) is 9.59 Å². The molecule has 1 aliphatic heterocycles. The third-order valence-corrected chi connectivity index (χ3v) is 3.99. The Hall–Kier alpha value is -1.88. The molecule has 22 heavy (non-hydrogen) atoms.